The van der Waals surface area contributed by atoms with Crippen molar-refractivity contribution < 1.29 is 28.9 Å². The SMILES string of the molecule is COC1=CC2=NC=C3N=NN(COC(=O)C(C)(C)C)C3C(=O)C2=C(O)C1OC. The van der Waals surface area contributed by atoms with E-state index in [0.717, 1.165) is 0 Å². The average molecular weight is 390 g/mol. The number of Topliss-reactive ketones (excluding diaryl/α,β-unsaturated/α-hetero) is 1. The minimum Gasteiger partial charge on any atom is -0.508 e. The molecule has 2 heterocycles. The lowest BCUT2D eigenvalue weighted by Gasteiger charge is -2.26. The molecule has 0 bridgehead atoms. The Kier molecular flexibility index (Phi) is 5.07. The summed E-state index contributed by atoms with van der Waals surface area (Å²) in [6.45, 7) is 4.90. The first-order chi connectivity index (χ1) is 13.2. The van der Waals surface area contributed by atoms with E-state index in [1.165, 1.54) is 31.5 Å². The molecule has 0 radical (unpaired) electrons. The van der Waals surface area contributed by atoms with Gasteiger partial charge >= 0.3 is 5.97 Å². The largest absolute Gasteiger partial charge is 0.508 e. The Labute approximate surface area is 161 Å². The number of aliphatic hydroxyl groups is 1. The van der Waals surface area contributed by atoms with Crippen LogP contribution in [-0.4, -0.2) is 60.7 Å². The fourth-order valence-electron chi connectivity index (χ4n) is 2.88. The number of ether oxygens (including phenoxy) is 3. The molecule has 0 amide bonds. The molecule has 10 heteroatoms. The number of hydrogen-bond acceptors (Lipinski definition) is 10. The van der Waals surface area contributed by atoms with Crippen molar-refractivity contribution in [2.24, 2.45) is 20.7 Å². The zero-order chi connectivity index (χ0) is 20.6. The Balaban J connectivity index is 1.90. The molecule has 2 aliphatic heterocycles. The minimum atomic E-state index is -0.971. The molecule has 2 unspecified atom stereocenters. The average Bonchev–Trinajstić information content (AvgIpc) is 2.99. The summed E-state index contributed by atoms with van der Waals surface area (Å²) in [5.41, 5.74) is -0.198. The van der Waals surface area contributed by atoms with Crippen LogP contribution >= 0.6 is 0 Å². The number of esters is 1. The van der Waals surface area contributed by atoms with E-state index in [9.17, 15) is 14.7 Å². The number of hydrogen-bond donors (Lipinski definition) is 1. The zero-order valence-corrected chi connectivity index (χ0v) is 16.3. The fourth-order valence-corrected chi connectivity index (χ4v) is 2.88. The Morgan fingerprint density at radius 1 is 1.32 bits per heavy atom. The summed E-state index contributed by atoms with van der Waals surface area (Å²) in [6, 6.07) is -0.971. The van der Waals surface area contributed by atoms with E-state index in [-0.39, 0.29) is 29.5 Å². The van der Waals surface area contributed by atoms with Crippen LogP contribution in [0.2, 0.25) is 0 Å². The minimum absolute atomic E-state index is 0.0108. The highest BCUT2D eigenvalue weighted by atomic mass is 16.6. The number of fused-ring (bicyclic) bond motifs is 2. The summed E-state index contributed by atoms with van der Waals surface area (Å²) in [4.78, 5) is 29.5. The quantitative estimate of drug-likeness (QED) is 0.726. The number of methoxy groups -OCH3 is 2. The second-order valence-corrected chi connectivity index (χ2v) is 7.40. The molecule has 0 saturated carbocycles. The second-order valence-electron chi connectivity index (χ2n) is 7.40. The smallest absolute Gasteiger partial charge is 0.312 e. The van der Waals surface area contributed by atoms with Crippen LogP contribution in [0.4, 0.5) is 0 Å². The van der Waals surface area contributed by atoms with Gasteiger partial charge in [-0.3, -0.25) is 14.6 Å². The van der Waals surface area contributed by atoms with Gasteiger partial charge in [0, 0.05) is 13.2 Å². The van der Waals surface area contributed by atoms with E-state index in [0.29, 0.717) is 5.76 Å². The lowest BCUT2D eigenvalue weighted by atomic mass is 9.91. The topological polar surface area (TPSA) is 122 Å². The molecule has 10 nitrogen and oxygen atoms in total. The van der Waals surface area contributed by atoms with Gasteiger partial charge in [0.2, 0.25) is 0 Å². The monoisotopic (exact) mass is 390 g/mol. The van der Waals surface area contributed by atoms with E-state index in [4.69, 9.17) is 14.2 Å². The predicted octanol–water partition coefficient (Wildman–Crippen LogP) is 1.82. The first-order valence-electron chi connectivity index (χ1n) is 8.58. The van der Waals surface area contributed by atoms with Gasteiger partial charge in [-0.2, -0.15) is 0 Å². The summed E-state index contributed by atoms with van der Waals surface area (Å²) >= 11 is 0. The molecule has 1 N–H and O–H groups in total. The lowest BCUT2D eigenvalue weighted by molar-refractivity contribution is -0.159. The summed E-state index contributed by atoms with van der Waals surface area (Å²) in [5, 5.41) is 19.7. The van der Waals surface area contributed by atoms with Gasteiger partial charge in [-0.25, -0.2) is 5.01 Å². The standard InChI is InChI=1S/C18H22N4O6/c1-18(2,3)17(25)28-8-22-13-10(20-21-22)7-19-9-6-11(26-4)16(27-5)15(24)12(9)14(13)23/h6-7,13,16,24H,8H2,1-5H3. The Hall–Kier alpha value is -3.01. The number of rotatable bonds is 4. The van der Waals surface area contributed by atoms with E-state index >= 15 is 0 Å². The molecule has 2 atom stereocenters. The van der Waals surface area contributed by atoms with Crippen LogP contribution in [0.3, 0.4) is 0 Å². The van der Waals surface area contributed by atoms with Crippen molar-refractivity contribution in [3.63, 3.8) is 0 Å². The summed E-state index contributed by atoms with van der Waals surface area (Å²) in [7, 11) is 2.82. The molecule has 1 aliphatic carbocycles. The molecule has 0 saturated heterocycles. The van der Waals surface area contributed by atoms with Crippen molar-refractivity contribution in [1.29, 1.82) is 0 Å². The normalized spacial score (nSPS) is 24.1. The van der Waals surface area contributed by atoms with Crippen molar-refractivity contribution in [3.8, 4) is 0 Å². The molecule has 3 aliphatic rings. The van der Waals surface area contributed by atoms with E-state index in [2.05, 4.69) is 15.3 Å². The Morgan fingerprint density at radius 2 is 2.04 bits per heavy atom. The number of carbonyl (C=O) groups is 2. The molecule has 0 aromatic rings. The van der Waals surface area contributed by atoms with Crippen LogP contribution in [0.1, 0.15) is 20.8 Å². The lowest BCUT2D eigenvalue weighted by Crippen LogP contribution is -2.41. The summed E-state index contributed by atoms with van der Waals surface area (Å²) in [6.07, 6.45) is 2.00. The molecule has 0 aromatic carbocycles. The Morgan fingerprint density at radius 3 is 2.64 bits per heavy atom. The van der Waals surface area contributed by atoms with Gasteiger partial charge in [0.15, 0.2) is 24.7 Å². The van der Waals surface area contributed by atoms with Crippen molar-refractivity contribution >= 4 is 17.5 Å². The maximum atomic E-state index is 13.2. The summed E-state index contributed by atoms with van der Waals surface area (Å²) in [5.74, 6) is -0.910. The number of allylic oxidation sites excluding steroid dienone is 1. The van der Waals surface area contributed by atoms with Crippen LogP contribution in [0.5, 0.6) is 0 Å². The van der Waals surface area contributed by atoms with E-state index in [1.54, 1.807) is 20.8 Å². The molecule has 0 spiro atoms. The predicted molar refractivity (Wildman–Crippen MR) is 97.0 cm³/mol. The van der Waals surface area contributed by atoms with Gasteiger partial charge in [0.25, 0.3) is 0 Å². The molecule has 0 fully saturated rings. The second kappa shape index (κ2) is 7.19. The van der Waals surface area contributed by atoms with Gasteiger partial charge in [-0.1, -0.05) is 5.22 Å². The maximum Gasteiger partial charge on any atom is 0.312 e. The molecular formula is C18H22N4O6. The molecule has 28 heavy (non-hydrogen) atoms. The van der Waals surface area contributed by atoms with Crippen LogP contribution in [0.15, 0.2) is 50.4 Å². The number of aliphatic imine (C=N–C) groups is 1. The van der Waals surface area contributed by atoms with Gasteiger partial charge in [0.05, 0.1) is 30.0 Å². The van der Waals surface area contributed by atoms with Crippen molar-refractivity contribution in [2.75, 3.05) is 21.0 Å². The highest BCUT2D eigenvalue weighted by molar-refractivity contribution is 6.30. The number of carbonyl (C=O) groups excluding carboxylic acids is 2. The van der Waals surface area contributed by atoms with Crippen molar-refractivity contribution in [1.82, 2.24) is 5.01 Å². The number of ketones is 1. The maximum absolute atomic E-state index is 13.2. The molecule has 3 rings (SSSR count). The fraction of sp³-hybridized carbons (Fsp3) is 0.500. The van der Waals surface area contributed by atoms with Crippen LogP contribution in [0, 0.1) is 5.41 Å². The van der Waals surface area contributed by atoms with Crippen LogP contribution in [-0.2, 0) is 23.8 Å². The molecular weight excluding hydrogens is 368 g/mol. The third kappa shape index (κ3) is 3.31. The van der Waals surface area contributed by atoms with E-state index < -0.39 is 29.3 Å². The summed E-state index contributed by atoms with van der Waals surface area (Å²) < 4.78 is 15.7. The van der Waals surface area contributed by atoms with Gasteiger partial charge in [-0.05, 0) is 20.8 Å². The molecule has 150 valence electrons. The zero-order valence-electron chi connectivity index (χ0n) is 16.3. The third-order valence-corrected chi connectivity index (χ3v) is 4.39. The van der Waals surface area contributed by atoms with Crippen LogP contribution in [0.25, 0.3) is 0 Å². The number of nitrogens with zero attached hydrogens (tertiary/aromatic N) is 4. The first kappa shape index (κ1) is 19.7. The Bertz CT molecular complexity index is 862. The van der Waals surface area contributed by atoms with Crippen molar-refractivity contribution in [2.45, 2.75) is 32.9 Å². The van der Waals surface area contributed by atoms with Crippen molar-refractivity contribution in [3.05, 3.63) is 35.1 Å². The number of aliphatic hydroxyl groups excluding tert-OH is 1. The van der Waals surface area contributed by atoms with Gasteiger partial charge < -0.3 is 19.3 Å². The van der Waals surface area contributed by atoms with Gasteiger partial charge in [-0.15, -0.1) is 5.11 Å². The first-order valence-corrected chi connectivity index (χ1v) is 8.58. The highest BCUT2D eigenvalue weighted by Gasteiger charge is 2.43. The van der Waals surface area contributed by atoms with E-state index in [1.807, 2.05) is 0 Å². The van der Waals surface area contributed by atoms with Gasteiger partial charge in [0.1, 0.15) is 17.2 Å². The molecule has 0 aromatic heterocycles. The highest BCUT2D eigenvalue weighted by Crippen LogP contribution is 2.33. The third-order valence-electron chi connectivity index (χ3n) is 4.39. The van der Waals surface area contributed by atoms with Crippen LogP contribution < -0.4 is 0 Å².